The zero-order valence-corrected chi connectivity index (χ0v) is 18.0. The second kappa shape index (κ2) is 9.40. The molecule has 1 saturated heterocycles. The maximum absolute atomic E-state index is 14.9. The minimum Gasteiger partial charge on any atom is -0.486 e. The lowest BCUT2D eigenvalue weighted by Crippen LogP contribution is -2.51. The molecule has 2 atom stereocenters. The van der Waals surface area contributed by atoms with Crippen molar-refractivity contribution in [3.8, 4) is 11.5 Å². The summed E-state index contributed by atoms with van der Waals surface area (Å²) in [5, 5.41) is 3.26. The Kier molecular flexibility index (Phi) is 6.19. The number of pyridine rings is 1. The van der Waals surface area contributed by atoms with Crippen LogP contribution in [0.1, 0.15) is 12.1 Å². The van der Waals surface area contributed by atoms with Crippen LogP contribution in [0.15, 0.2) is 41.5 Å². The van der Waals surface area contributed by atoms with Gasteiger partial charge in [0.2, 0.25) is 0 Å². The molecule has 2 unspecified atom stereocenters. The van der Waals surface area contributed by atoms with Crippen LogP contribution in [0.3, 0.4) is 0 Å². The molecule has 0 saturated carbocycles. The van der Waals surface area contributed by atoms with Gasteiger partial charge in [0.05, 0.1) is 29.1 Å². The van der Waals surface area contributed by atoms with Gasteiger partial charge in [-0.3, -0.25) is 14.7 Å². The zero-order chi connectivity index (χ0) is 22.8. The third kappa shape index (κ3) is 4.81. The van der Waals surface area contributed by atoms with E-state index in [0.29, 0.717) is 68.3 Å². The number of hydrogen-bond acceptors (Lipinski definition) is 7. The number of alkyl halides is 1. The molecular formula is C23H25F2N5O3. The van der Waals surface area contributed by atoms with Gasteiger partial charge in [-0.05, 0) is 31.2 Å². The summed E-state index contributed by atoms with van der Waals surface area (Å²) in [6, 6.07) is 5.71. The van der Waals surface area contributed by atoms with Crippen LogP contribution in [0, 0.1) is 5.82 Å². The maximum Gasteiger partial charge on any atom is 0.269 e. The molecule has 1 N–H and O–H groups in total. The van der Waals surface area contributed by atoms with Gasteiger partial charge in [0.1, 0.15) is 25.2 Å². The summed E-state index contributed by atoms with van der Waals surface area (Å²) in [6.45, 7) is 3.24. The number of nitrogens with zero attached hydrogens (tertiary/aromatic N) is 4. The molecule has 1 fully saturated rings. The van der Waals surface area contributed by atoms with Gasteiger partial charge in [-0.15, -0.1) is 0 Å². The van der Waals surface area contributed by atoms with E-state index in [4.69, 9.17) is 9.47 Å². The van der Waals surface area contributed by atoms with Gasteiger partial charge in [-0.2, -0.15) is 0 Å². The maximum atomic E-state index is 14.9. The highest BCUT2D eigenvalue weighted by molar-refractivity contribution is 5.74. The van der Waals surface area contributed by atoms with E-state index in [1.54, 1.807) is 12.3 Å². The van der Waals surface area contributed by atoms with Crippen LogP contribution in [-0.4, -0.2) is 64.5 Å². The molecule has 0 spiro atoms. The smallest absolute Gasteiger partial charge is 0.269 e. The average Bonchev–Trinajstić information content (AvgIpc) is 2.82. The van der Waals surface area contributed by atoms with E-state index in [1.165, 1.54) is 22.9 Å². The summed E-state index contributed by atoms with van der Waals surface area (Å²) in [5.41, 5.74) is 1.47. The number of ether oxygens (including phenoxy) is 2. The number of hydrogen-bond donors (Lipinski definition) is 1. The van der Waals surface area contributed by atoms with Gasteiger partial charge in [0.15, 0.2) is 11.5 Å². The lowest BCUT2D eigenvalue weighted by molar-refractivity contribution is 0.100. The van der Waals surface area contributed by atoms with Crippen LogP contribution < -0.4 is 20.3 Å². The summed E-state index contributed by atoms with van der Waals surface area (Å²) >= 11 is 0. The Labute approximate surface area is 189 Å². The van der Waals surface area contributed by atoms with Crippen LogP contribution in [-0.2, 0) is 13.1 Å². The minimum atomic E-state index is -1.06. The Hall–Kier alpha value is -3.11. The Morgan fingerprint density at radius 2 is 1.94 bits per heavy atom. The van der Waals surface area contributed by atoms with Crippen LogP contribution in [0.2, 0.25) is 0 Å². The van der Waals surface area contributed by atoms with Gasteiger partial charge in [0, 0.05) is 38.3 Å². The van der Waals surface area contributed by atoms with Gasteiger partial charge in [-0.25, -0.2) is 13.8 Å². The van der Waals surface area contributed by atoms with E-state index in [1.807, 2.05) is 11.0 Å². The normalized spacial score (nSPS) is 20.8. The van der Waals surface area contributed by atoms with Crippen molar-refractivity contribution >= 4 is 11.0 Å². The second-order valence-corrected chi connectivity index (χ2v) is 8.29. The SMILES string of the molecule is O=c1cnc2ccc(F)cc2n1CCN1CCC(NCc2cc3c(cn2)OCCO3)C(F)C1. The summed E-state index contributed by atoms with van der Waals surface area (Å²) in [5.74, 6) is 0.871. The number of aromatic nitrogens is 3. The quantitative estimate of drug-likeness (QED) is 0.606. The fraction of sp³-hybridized carbons (Fsp3) is 0.435. The number of rotatable bonds is 6. The third-order valence-corrected chi connectivity index (χ3v) is 6.11. The molecule has 4 heterocycles. The molecule has 33 heavy (non-hydrogen) atoms. The Morgan fingerprint density at radius 3 is 2.79 bits per heavy atom. The van der Waals surface area contributed by atoms with Gasteiger partial charge < -0.3 is 19.4 Å². The van der Waals surface area contributed by atoms with Crippen molar-refractivity contribution in [2.45, 2.75) is 31.7 Å². The van der Waals surface area contributed by atoms with Crippen molar-refractivity contribution in [2.75, 3.05) is 32.8 Å². The Balaban J connectivity index is 1.16. The van der Waals surface area contributed by atoms with Crippen molar-refractivity contribution in [1.82, 2.24) is 24.8 Å². The number of halogens is 2. The van der Waals surface area contributed by atoms with Gasteiger partial charge >= 0.3 is 0 Å². The third-order valence-electron chi connectivity index (χ3n) is 6.11. The highest BCUT2D eigenvalue weighted by atomic mass is 19.1. The fourth-order valence-corrected chi connectivity index (χ4v) is 4.33. The summed E-state index contributed by atoms with van der Waals surface area (Å²) in [4.78, 5) is 22.7. The standard InChI is InChI=1S/C23H25F2N5O3/c24-15-1-2-19-20(9-15)30(23(31)13-28-19)6-5-29-4-3-18(17(25)14-29)27-11-16-10-21-22(12-26-16)33-8-7-32-21/h1-2,9-10,12-13,17-18,27H,3-8,11,14H2. The largest absolute Gasteiger partial charge is 0.486 e. The molecule has 2 aromatic heterocycles. The summed E-state index contributed by atoms with van der Waals surface area (Å²) < 4.78 is 41.1. The Bertz CT molecular complexity index is 1200. The minimum absolute atomic E-state index is 0.262. The topological polar surface area (TPSA) is 81.5 Å². The van der Waals surface area contributed by atoms with Crippen LogP contribution in [0.5, 0.6) is 11.5 Å². The van der Waals surface area contributed by atoms with E-state index in [2.05, 4.69) is 15.3 Å². The molecule has 3 aromatic rings. The number of piperidine rings is 1. The van der Waals surface area contributed by atoms with Crippen molar-refractivity contribution < 1.29 is 18.3 Å². The second-order valence-electron chi connectivity index (χ2n) is 8.29. The molecule has 0 amide bonds. The molecule has 2 aliphatic heterocycles. The molecule has 1 aromatic carbocycles. The van der Waals surface area contributed by atoms with E-state index >= 15 is 0 Å². The molecular weight excluding hydrogens is 432 g/mol. The van der Waals surface area contributed by atoms with E-state index in [0.717, 1.165) is 5.69 Å². The van der Waals surface area contributed by atoms with Gasteiger partial charge in [0.25, 0.3) is 5.56 Å². The van der Waals surface area contributed by atoms with E-state index in [9.17, 15) is 13.6 Å². The number of nitrogens with one attached hydrogen (secondary N) is 1. The lowest BCUT2D eigenvalue weighted by atomic mass is 10.0. The van der Waals surface area contributed by atoms with Crippen molar-refractivity contribution in [1.29, 1.82) is 0 Å². The van der Waals surface area contributed by atoms with Crippen LogP contribution in [0.25, 0.3) is 11.0 Å². The first kappa shape index (κ1) is 21.7. The van der Waals surface area contributed by atoms with Crippen LogP contribution in [0.4, 0.5) is 8.78 Å². The molecule has 0 radical (unpaired) electrons. The first-order chi connectivity index (χ1) is 16.1. The zero-order valence-electron chi connectivity index (χ0n) is 18.0. The molecule has 0 bridgehead atoms. The van der Waals surface area contributed by atoms with E-state index in [-0.39, 0.29) is 18.1 Å². The Morgan fingerprint density at radius 1 is 1.09 bits per heavy atom. The average molecular weight is 457 g/mol. The predicted octanol–water partition coefficient (Wildman–Crippen LogP) is 1.90. The number of fused-ring (bicyclic) bond motifs is 2. The molecule has 174 valence electrons. The molecule has 2 aliphatic rings. The molecule has 10 heteroatoms. The molecule has 8 nitrogen and oxygen atoms in total. The first-order valence-corrected chi connectivity index (χ1v) is 11.1. The number of benzene rings is 1. The van der Waals surface area contributed by atoms with Crippen molar-refractivity contribution in [3.63, 3.8) is 0 Å². The van der Waals surface area contributed by atoms with Crippen LogP contribution >= 0.6 is 0 Å². The first-order valence-electron chi connectivity index (χ1n) is 11.1. The van der Waals surface area contributed by atoms with Crippen molar-refractivity contribution in [2.24, 2.45) is 0 Å². The molecule has 5 rings (SSSR count). The predicted molar refractivity (Wildman–Crippen MR) is 118 cm³/mol. The summed E-state index contributed by atoms with van der Waals surface area (Å²) in [6.07, 6.45) is 2.45. The number of likely N-dealkylation sites (tertiary alicyclic amines) is 1. The summed E-state index contributed by atoms with van der Waals surface area (Å²) in [7, 11) is 0. The highest BCUT2D eigenvalue weighted by Gasteiger charge is 2.29. The molecule has 0 aliphatic carbocycles. The fourth-order valence-electron chi connectivity index (χ4n) is 4.33. The van der Waals surface area contributed by atoms with E-state index < -0.39 is 12.0 Å². The van der Waals surface area contributed by atoms with Crippen molar-refractivity contribution in [3.05, 3.63) is 58.5 Å². The highest BCUT2D eigenvalue weighted by Crippen LogP contribution is 2.29. The van der Waals surface area contributed by atoms with Gasteiger partial charge in [-0.1, -0.05) is 0 Å². The monoisotopic (exact) mass is 457 g/mol. The lowest BCUT2D eigenvalue weighted by Gasteiger charge is -2.35.